The molecule has 1 unspecified atom stereocenters. The minimum atomic E-state index is 0.266. The van der Waals surface area contributed by atoms with E-state index in [4.69, 9.17) is 0 Å². The number of fused-ring (bicyclic) bond motifs is 2. The van der Waals surface area contributed by atoms with E-state index in [2.05, 4.69) is 81.9 Å². The largest absolute Gasteiger partial charge is 0.315 e. The average Bonchev–Trinajstić information content (AvgIpc) is 3.03. The fourth-order valence-electron chi connectivity index (χ4n) is 4.39. The number of aromatic nitrogens is 1. The highest BCUT2D eigenvalue weighted by Gasteiger charge is 2.23. The first-order chi connectivity index (χ1) is 13.9. The van der Waals surface area contributed by atoms with E-state index in [9.17, 15) is 0 Å². The third-order valence-electron chi connectivity index (χ3n) is 5.81. The van der Waals surface area contributed by atoms with Gasteiger partial charge in [0.1, 0.15) is 0 Å². The molecule has 28 heavy (non-hydrogen) atoms. The molecule has 1 atom stereocenters. The second-order valence-corrected chi connectivity index (χ2v) is 7.63. The quantitative estimate of drug-likeness (QED) is 0.565. The fraction of sp³-hybridized carbons (Fsp3) is 0.240. The van der Waals surface area contributed by atoms with Gasteiger partial charge in [0.25, 0.3) is 0 Å². The van der Waals surface area contributed by atoms with E-state index in [-0.39, 0.29) is 6.04 Å². The Morgan fingerprint density at radius 1 is 0.750 bits per heavy atom. The molecule has 140 valence electrons. The van der Waals surface area contributed by atoms with E-state index in [0.29, 0.717) is 0 Å². The molecular formula is C25H25N3. The van der Waals surface area contributed by atoms with Crippen LogP contribution in [0.5, 0.6) is 0 Å². The minimum absolute atomic E-state index is 0.266. The number of nitrogens with one attached hydrogen (secondary N) is 1. The Kier molecular flexibility index (Phi) is 4.78. The molecule has 4 aromatic rings. The summed E-state index contributed by atoms with van der Waals surface area (Å²) in [6.45, 7) is 4.32. The highest BCUT2D eigenvalue weighted by Crippen LogP contribution is 2.32. The first-order valence-corrected chi connectivity index (χ1v) is 10.2. The van der Waals surface area contributed by atoms with Crippen LogP contribution >= 0.6 is 0 Å². The second-order valence-electron chi connectivity index (χ2n) is 7.63. The van der Waals surface area contributed by atoms with Crippen LogP contribution < -0.4 is 5.32 Å². The smallest absolute Gasteiger partial charge is 0.0602 e. The van der Waals surface area contributed by atoms with Crippen LogP contribution in [0, 0.1) is 0 Å². The highest BCUT2D eigenvalue weighted by atomic mass is 15.2. The van der Waals surface area contributed by atoms with Gasteiger partial charge >= 0.3 is 0 Å². The molecule has 3 nitrogen and oxygen atoms in total. The molecule has 1 aliphatic rings. The summed E-state index contributed by atoms with van der Waals surface area (Å²) in [6.07, 6.45) is 5.01. The molecule has 0 radical (unpaired) electrons. The molecule has 0 saturated carbocycles. The van der Waals surface area contributed by atoms with Crippen molar-refractivity contribution in [1.82, 2.24) is 15.2 Å². The summed E-state index contributed by atoms with van der Waals surface area (Å²) in [5.41, 5.74) is 2.73. The summed E-state index contributed by atoms with van der Waals surface area (Å²) in [5.74, 6) is 0. The van der Waals surface area contributed by atoms with Crippen molar-refractivity contribution >= 4 is 21.5 Å². The van der Waals surface area contributed by atoms with Gasteiger partial charge in [-0.3, -0.25) is 9.88 Å². The molecule has 3 aromatic carbocycles. The number of hydrogen-bond acceptors (Lipinski definition) is 3. The van der Waals surface area contributed by atoms with Gasteiger partial charge in [0, 0.05) is 37.4 Å². The van der Waals surface area contributed by atoms with E-state index >= 15 is 0 Å². The van der Waals surface area contributed by atoms with Crippen LogP contribution in [-0.2, 0) is 0 Å². The van der Waals surface area contributed by atoms with Crippen molar-refractivity contribution in [1.29, 1.82) is 0 Å². The molecule has 1 aliphatic heterocycles. The Morgan fingerprint density at radius 3 is 2.36 bits per heavy atom. The van der Waals surface area contributed by atoms with Crippen LogP contribution in [0.2, 0.25) is 0 Å². The van der Waals surface area contributed by atoms with Crippen LogP contribution in [0.3, 0.4) is 0 Å². The van der Waals surface area contributed by atoms with Crippen LogP contribution in [0.25, 0.3) is 21.5 Å². The van der Waals surface area contributed by atoms with Crippen LogP contribution in [0.15, 0.2) is 79.1 Å². The minimum Gasteiger partial charge on any atom is -0.315 e. The molecule has 0 spiro atoms. The summed E-state index contributed by atoms with van der Waals surface area (Å²) in [4.78, 5) is 6.89. The van der Waals surface area contributed by atoms with E-state index in [0.717, 1.165) is 26.2 Å². The molecule has 1 aromatic heterocycles. The molecular weight excluding hydrogens is 342 g/mol. The summed E-state index contributed by atoms with van der Waals surface area (Å²) >= 11 is 0. The Labute approximate surface area is 166 Å². The zero-order valence-corrected chi connectivity index (χ0v) is 16.0. The molecule has 2 heterocycles. The SMILES string of the molecule is c1ccc2cc(C(c3ccc4cnccc4c3)N3CCCNCC3)ccc2c1. The molecule has 3 heteroatoms. The third kappa shape index (κ3) is 3.39. The van der Waals surface area contributed by atoms with E-state index in [1.54, 1.807) is 0 Å². The number of nitrogens with zero attached hydrogens (tertiary/aromatic N) is 2. The number of pyridine rings is 1. The van der Waals surface area contributed by atoms with Gasteiger partial charge in [-0.05, 0) is 58.5 Å². The Balaban J connectivity index is 1.64. The topological polar surface area (TPSA) is 28.2 Å². The summed E-state index contributed by atoms with van der Waals surface area (Å²) in [5, 5.41) is 8.60. The van der Waals surface area contributed by atoms with Crippen molar-refractivity contribution in [2.24, 2.45) is 0 Å². The van der Waals surface area contributed by atoms with Gasteiger partial charge in [0.2, 0.25) is 0 Å². The average molecular weight is 367 g/mol. The fourth-order valence-corrected chi connectivity index (χ4v) is 4.39. The molecule has 1 saturated heterocycles. The predicted octanol–water partition coefficient (Wildman–Crippen LogP) is 4.77. The third-order valence-corrected chi connectivity index (χ3v) is 5.81. The van der Waals surface area contributed by atoms with Crippen LogP contribution in [0.1, 0.15) is 23.6 Å². The molecule has 1 N–H and O–H groups in total. The lowest BCUT2D eigenvalue weighted by molar-refractivity contribution is 0.241. The Morgan fingerprint density at radius 2 is 1.50 bits per heavy atom. The maximum atomic E-state index is 4.26. The molecule has 5 rings (SSSR count). The molecule has 0 bridgehead atoms. The first kappa shape index (κ1) is 17.4. The monoisotopic (exact) mass is 367 g/mol. The standard InChI is InChI=1S/C25H25N3/c1-2-5-20-16-22(7-6-19(20)4-1)25(28-14-3-11-26-13-15-28)23-8-9-24-18-27-12-10-21(24)17-23/h1-2,4-10,12,16-18,25-26H,3,11,13-15H2. The van der Waals surface area contributed by atoms with Gasteiger partial charge in [-0.1, -0.05) is 48.5 Å². The Bertz CT molecular complexity index is 1020. The van der Waals surface area contributed by atoms with Gasteiger partial charge in [-0.25, -0.2) is 0 Å². The maximum absolute atomic E-state index is 4.26. The maximum Gasteiger partial charge on any atom is 0.0602 e. The lowest BCUT2D eigenvalue weighted by atomic mass is 9.93. The number of benzene rings is 3. The highest BCUT2D eigenvalue weighted by molar-refractivity contribution is 5.84. The van der Waals surface area contributed by atoms with Crippen molar-refractivity contribution in [3.63, 3.8) is 0 Å². The lowest BCUT2D eigenvalue weighted by Crippen LogP contribution is -2.33. The summed E-state index contributed by atoms with van der Waals surface area (Å²) < 4.78 is 0. The van der Waals surface area contributed by atoms with E-state index in [1.165, 1.54) is 39.1 Å². The van der Waals surface area contributed by atoms with Crippen molar-refractivity contribution in [3.8, 4) is 0 Å². The van der Waals surface area contributed by atoms with Crippen LogP contribution in [0.4, 0.5) is 0 Å². The number of rotatable bonds is 3. The van der Waals surface area contributed by atoms with Gasteiger partial charge in [-0.2, -0.15) is 0 Å². The lowest BCUT2D eigenvalue weighted by Gasteiger charge is -2.31. The predicted molar refractivity (Wildman–Crippen MR) is 117 cm³/mol. The van der Waals surface area contributed by atoms with Crippen molar-refractivity contribution < 1.29 is 0 Å². The normalized spacial score (nSPS) is 16.9. The van der Waals surface area contributed by atoms with E-state index < -0.39 is 0 Å². The molecule has 0 amide bonds. The number of hydrogen-bond donors (Lipinski definition) is 1. The van der Waals surface area contributed by atoms with Gasteiger partial charge in [-0.15, -0.1) is 0 Å². The van der Waals surface area contributed by atoms with Crippen molar-refractivity contribution in [2.45, 2.75) is 12.5 Å². The first-order valence-electron chi connectivity index (χ1n) is 10.2. The van der Waals surface area contributed by atoms with Gasteiger partial charge in [0.05, 0.1) is 6.04 Å². The zero-order valence-electron chi connectivity index (χ0n) is 16.0. The van der Waals surface area contributed by atoms with Crippen molar-refractivity contribution in [3.05, 3.63) is 90.3 Å². The summed E-state index contributed by atoms with van der Waals surface area (Å²) in [7, 11) is 0. The van der Waals surface area contributed by atoms with Crippen LogP contribution in [-0.4, -0.2) is 36.1 Å². The molecule has 1 fully saturated rings. The molecule has 0 aliphatic carbocycles. The van der Waals surface area contributed by atoms with Crippen molar-refractivity contribution in [2.75, 3.05) is 26.2 Å². The Hall–Kier alpha value is -2.75. The van der Waals surface area contributed by atoms with Gasteiger partial charge in [0.15, 0.2) is 0 Å². The summed E-state index contributed by atoms with van der Waals surface area (Å²) in [6, 6.07) is 24.8. The second kappa shape index (κ2) is 7.70. The van der Waals surface area contributed by atoms with E-state index in [1.807, 2.05) is 12.4 Å². The van der Waals surface area contributed by atoms with Gasteiger partial charge < -0.3 is 5.32 Å². The zero-order chi connectivity index (χ0) is 18.8.